The Labute approximate surface area is 89.9 Å². The van der Waals surface area contributed by atoms with Crippen LogP contribution in [-0.2, 0) is 0 Å². The van der Waals surface area contributed by atoms with E-state index in [1.165, 1.54) is 30.7 Å². The van der Waals surface area contributed by atoms with E-state index in [9.17, 15) is 0 Å². The molecular formula is C9H11BrN2S. The predicted molar refractivity (Wildman–Crippen MR) is 55.8 cm³/mol. The Balaban J connectivity index is 1.87. The van der Waals surface area contributed by atoms with E-state index in [1.807, 2.05) is 0 Å². The Kier molecular flexibility index (Phi) is 1.94. The van der Waals surface area contributed by atoms with Crippen LogP contribution in [0.4, 0.5) is 0 Å². The lowest BCUT2D eigenvalue weighted by molar-refractivity contribution is 0.417. The van der Waals surface area contributed by atoms with Gasteiger partial charge in [-0.25, -0.2) is 0 Å². The predicted octanol–water partition coefficient (Wildman–Crippen LogP) is 3.20. The molecule has 70 valence electrons. The first-order chi connectivity index (χ1) is 6.33. The first-order valence-electron chi connectivity index (χ1n) is 4.82. The standard InChI is InChI=1S/C9H11BrN2S/c10-9-12-11-8(13-9)7-4-5-1-2-6(7)3-5/h5-7H,1-4H2. The van der Waals surface area contributed by atoms with E-state index >= 15 is 0 Å². The molecule has 2 bridgehead atoms. The molecule has 0 amide bonds. The largest absolute Gasteiger partial charge is 0.183 e. The van der Waals surface area contributed by atoms with Gasteiger partial charge in [0, 0.05) is 5.92 Å². The average molecular weight is 259 g/mol. The molecule has 1 heterocycles. The summed E-state index contributed by atoms with van der Waals surface area (Å²) in [6, 6.07) is 0. The van der Waals surface area contributed by atoms with E-state index in [0.29, 0.717) is 0 Å². The summed E-state index contributed by atoms with van der Waals surface area (Å²) >= 11 is 5.10. The van der Waals surface area contributed by atoms with Crippen molar-refractivity contribution in [2.45, 2.75) is 31.6 Å². The molecule has 0 saturated heterocycles. The lowest BCUT2D eigenvalue weighted by Crippen LogP contribution is -2.07. The van der Waals surface area contributed by atoms with Gasteiger partial charge >= 0.3 is 0 Å². The Bertz CT molecular complexity index is 325. The van der Waals surface area contributed by atoms with Gasteiger partial charge in [0.2, 0.25) is 0 Å². The minimum Gasteiger partial charge on any atom is -0.142 e. The van der Waals surface area contributed by atoms with E-state index in [0.717, 1.165) is 21.7 Å². The number of halogens is 1. The molecule has 3 atom stereocenters. The van der Waals surface area contributed by atoms with Crippen LogP contribution in [0.15, 0.2) is 3.92 Å². The summed E-state index contributed by atoms with van der Waals surface area (Å²) in [6.45, 7) is 0. The topological polar surface area (TPSA) is 25.8 Å². The molecule has 3 unspecified atom stereocenters. The first-order valence-corrected chi connectivity index (χ1v) is 6.43. The van der Waals surface area contributed by atoms with Gasteiger partial charge in [0.1, 0.15) is 5.01 Å². The highest BCUT2D eigenvalue weighted by atomic mass is 79.9. The van der Waals surface area contributed by atoms with Crippen molar-refractivity contribution in [3.05, 3.63) is 8.92 Å². The summed E-state index contributed by atoms with van der Waals surface area (Å²) in [5.41, 5.74) is 0. The number of fused-ring (bicyclic) bond motifs is 2. The molecule has 2 fully saturated rings. The quantitative estimate of drug-likeness (QED) is 0.774. The molecule has 1 aromatic rings. The number of hydrogen-bond donors (Lipinski definition) is 0. The molecule has 4 heteroatoms. The van der Waals surface area contributed by atoms with Crippen molar-refractivity contribution in [1.82, 2.24) is 10.2 Å². The van der Waals surface area contributed by atoms with E-state index in [4.69, 9.17) is 0 Å². The molecule has 0 spiro atoms. The summed E-state index contributed by atoms with van der Waals surface area (Å²) in [5, 5.41) is 9.53. The molecule has 2 saturated carbocycles. The van der Waals surface area contributed by atoms with Gasteiger partial charge in [0.25, 0.3) is 0 Å². The second kappa shape index (κ2) is 3.02. The molecule has 0 radical (unpaired) electrons. The lowest BCUT2D eigenvalue weighted by Gasteiger charge is -2.18. The minimum atomic E-state index is 0.738. The van der Waals surface area contributed by atoms with Gasteiger partial charge in [-0.2, -0.15) is 0 Å². The van der Waals surface area contributed by atoms with Crippen LogP contribution < -0.4 is 0 Å². The highest BCUT2D eigenvalue weighted by Crippen LogP contribution is 2.53. The minimum absolute atomic E-state index is 0.738. The van der Waals surface area contributed by atoms with Gasteiger partial charge in [-0.15, -0.1) is 10.2 Å². The average Bonchev–Trinajstić information content (AvgIpc) is 2.77. The second-order valence-corrected chi connectivity index (χ2v) is 6.46. The molecule has 0 aromatic carbocycles. The van der Waals surface area contributed by atoms with Crippen molar-refractivity contribution in [1.29, 1.82) is 0 Å². The zero-order chi connectivity index (χ0) is 8.84. The molecule has 0 aliphatic heterocycles. The summed E-state index contributed by atoms with van der Waals surface area (Å²) in [5.74, 6) is 2.66. The van der Waals surface area contributed by atoms with Crippen LogP contribution in [0.25, 0.3) is 0 Å². The maximum atomic E-state index is 4.24. The van der Waals surface area contributed by atoms with Crippen LogP contribution in [0.2, 0.25) is 0 Å². The highest BCUT2D eigenvalue weighted by Gasteiger charge is 2.41. The molecule has 2 aliphatic rings. The molecule has 1 aromatic heterocycles. The molecule has 0 N–H and O–H groups in total. The van der Waals surface area contributed by atoms with Gasteiger partial charge < -0.3 is 0 Å². The number of aromatic nitrogens is 2. The number of nitrogens with zero attached hydrogens (tertiary/aromatic N) is 2. The Morgan fingerprint density at radius 3 is 2.69 bits per heavy atom. The maximum absolute atomic E-state index is 4.24. The second-order valence-electron chi connectivity index (χ2n) is 4.17. The third-order valence-corrected chi connectivity index (χ3v) is 4.96. The normalized spacial score (nSPS) is 37.2. The summed E-state index contributed by atoms with van der Waals surface area (Å²) in [7, 11) is 0. The molecule has 3 rings (SSSR count). The fourth-order valence-electron chi connectivity index (χ4n) is 2.91. The van der Waals surface area contributed by atoms with Gasteiger partial charge in [0.05, 0.1) is 0 Å². The zero-order valence-corrected chi connectivity index (χ0v) is 9.64. The molecular weight excluding hydrogens is 248 g/mol. The monoisotopic (exact) mass is 258 g/mol. The third-order valence-electron chi connectivity index (χ3n) is 3.47. The Morgan fingerprint density at radius 2 is 2.15 bits per heavy atom. The van der Waals surface area contributed by atoms with Crippen LogP contribution in [-0.4, -0.2) is 10.2 Å². The molecule has 13 heavy (non-hydrogen) atoms. The summed E-state index contributed by atoms with van der Waals surface area (Å²) in [4.78, 5) is 0. The third kappa shape index (κ3) is 1.34. The van der Waals surface area contributed by atoms with Gasteiger partial charge in [-0.1, -0.05) is 17.8 Å². The van der Waals surface area contributed by atoms with Crippen LogP contribution in [0.1, 0.15) is 36.6 Å². The van der Waals surface area contributed by atoms with Crippen LogP contribution in [0.3, 0.4) is 0 Å². The van der Waals surface area contributed by atoms with Crippen molar-refractivity contribution in [3.8, 4) is 0 Å². The van der Waals surface area contributed by atoms with Gasteiger partial charge in [-0.3, -0.25) is 0 Å². The summed E-state index contributed by atoms with van der Waals surface area (Å²) < 4.78 is 0.935. The summed E-state index contributed by atoms with van der Waals surface area (Å²) in [6.07, 6.45) is 5.70. The smallest absolute Gasteiger partial charge is 0.142 e. The van der Waals surface area contributed by atoms with Gasteiger partial charge in [-0.05, 0) is 47.0 Å². The van der Waals surface area contributed by atoms with E-state index in [1.54, 1.807) is 11.3 Å². The number of hydrogen-bond acceptors (Lipinski definition) is 3. The fraction of sp³-hybridized carbons (Fsp3) is 0.778. The van der Waals surface area contributed by atoms with Crippen molar-refractivity contribution < 1.29 is 0 Å². The van der Waals surface area contributed by atoms with Crippen molar-refractivity contribution in [3.63, 3.8) is 0 Å². The lowest BCUT2D eigenvalue weighted by atomic mass is 9.89. The van der Waals surface area contributed by atoms with Crippen molar-refractivity contribution in [2.24, 2.45) is 11.8 Å². The molecule has 2 nitrogen and oxygen atoms in total. The van der Waals surface area contributed by atoms with Crippen molar-refractivity contribution >= 4 is 27.3 Å². The van der Waals surface area contributed by atoms with E-state index in [2.05, 4.69) is 26.1 Å². The Morgan fingerprint density at radius 1 is 1.23 bits per heavy atom. The van der Waals surface area contributed by atoms with Gasteiger partial charge in [0.15, 0.2) is 3.92 Å². The van der Waals surface area contributed by atoms with Crippen molar-refractivity contribution in [2.75, 3.05) is 0 Å². The van der Waals surface area contributed by atoms with E-state index in [-0.39, 0.29) is 0 Å². The first kappa shape index (κ1) is 8.36. The van der Waals surface area contributed by atoms with Crippen LogP contribution >= 0.6 is 27.3 Å². The van der Waals surface area contributed by atoms with E-state index < -0.39 is 0 Å². The highest BCUT2D eigenvalue weighted by molar-refractivity contribution is 9.11. The Hall–Kier alpha value is 0.0400. The fourth-order valence-corrected chi connectivity index (χ4v) is 4.27. The SMILES string of the molecule is Brc1nnc(C2CC3CCC2C3)s1. The molecule has 2 aliphatic carbocycles. The van der Waals surface area contributed by atoms with Crippen LogP contribution in [0.5, 0.6) is 0 Å². The number of rotatable bonds is 1. The zero-order valence-electron chi connectivity index (χ0n) is 7.24. The maximum Gasteiger partial charge on any atom is 0.183 e. The van der Waals surface area contributed by atoms with Crippen LogP contribution in [0, 0.1) is 11.8 Å².